The Balaban J connectivity index is 1.76. The van der Waals surface area contributed by atoms with E-state index in [0.717, 1.165) is 19.4 Å². The molecule has 0 amide bonds. The average molecular weight is 289 g/mol. The smallest absolute Gasteiger partial charge is 0.115 e. The lowest BCUT2D eigenvalue weighted by Gasteiger charge is -2.13. The minimum atomic E-state index is 0.336. The predicted octanol–water partition coefficient (Wildman–Crippen LogP) is 4.18. The maximum Gasteiger partial charge on any atom is 0.115 e. The van der Waals surface area contributed by atoms with Gasteiger partial charge in [0.1, 0.15) is 5.75 Å². The van der Waals surface area contributed by atoms with Crippen LogP contribution in [-0.4, -0.2) is 11.1 Å². The van der Waals surface area contributed by atoms with Gasteiger partial charge in [0.2, 0.25) is 0 Å². The molecule has 2 rings (SSSR count). The van der Waals surface area contributed by atoms with E-state index in [1.807, 2.05) is 23.5 Å². The fourth-order valence-corrected chi connectivity index (χ4v) is 3.24. The van der Waals surface area contributed by atoms with Crippen LogP contribution in [0.15, 0.2) is 30.3 Å². The highest BCUT2D eigenvalue weighted by molar-refractivity contribution is 7.12. The van der Waals surface area contributed by atoms with Crippen molar-refractivity contribution >= 4 is 11.3 Å². The summed E-state index contributed by atoms with van der Waals surface area (Å²) in [5, 5.41) is 12.9. The largest absolute Gasteiger partial charge is 0.508 e. The van der Waals surface area contributed by atoms with Crippen LogP contribution in [0, 0.1) is 13.8 Å². The summed E-state index contributed by atoms with van der Waals surface area (Å²) in [5.41, 5.74) is 2.70. The molecule has 108 valence electrons. The summed E-state index contributed by atoms with van der Waals surface area (Å²) in [4.78, 5) is 2.80. The maximum absolute atomic E-state index is 9.26. The number of phenolic OH excluding ortho intramolecular Hbond substituents is 1. The van der Waals surface area contributed by atoms with Gasteiger partial charge in [-0.1, -0.05) is 12.1 Å². The zero-order chi connectivity index (χ0) is 14.5. The summed E-state index contributed by atoms with van der Waals surface area (Å²) < 4.78 is 0. The third-order valence-electron chi connectivity index (χ3n) is 3.59. The van der Waals surface area contributed by atoms with Gasteiger partial charge < -0.3 is 10.4 Å². The molecule has 0 bridgehead atoms. The topological polar surface area (TPSA) is 32.3 Å². The van der Waals surface area contributed by atoms with Crippen LogP contribution in [0.5, 0.6) is 5.75 Å². The molecule has 2 aromatic rings. The lowest BCUT2D eigenvalue weighted by atomic mass is 10.1. The van der Waals surface area contributed by atoms with E-state index in [4.69, 9.17) is 0 Å². The molecular formula is C17H23NOS. The van der Waals surface area contributed by atoms with Gasteiger partial charge in [-0.3, -0.25) is 0 Å². The van der Waals surface area contributed by atoms with Crippen molar-refractivity contribution < 1.29 is 5.11 Å². The van der Waals surface area contributed by atoms with Gasteiger partial charge in [0.15, 0.2) is 0 Å². The number of nitrogens with one attached hydrogen (secondary N) is 1. The van der Waals surface area contributed by atoms with Crippen LogP contribution in [0.2, 0.25) is 0 Å². The number of hydrogen-bond donors (Lipinski definition) is 2. The summed E-state index contributed by atoms with van der Waals surface area (Å²) >= 11 is 1.87. The van der Waals surface area contributed by atoms with Crippen LogP contribution in [0.4, 0.5) is 0 Å². The third-order valence-corrected chi connectivity index (χ3v) is 4.60. The third kappa shape index (κ3) is 4.36. The Labute approximate surface area is 125 Å². The first kappa shape index (κ1) is 15.1. The number of thiophene rings is 1. The Bertz CT molecular complexity index is 545. The molecule has 0 saturated carbocycles. The molecule has 3 heteroatoms. The fraction of sp³-hybridized carbons (Fsp3) is 0.412. The van der Waals surface area contributed by atoms with E-state index in [1.165, 1.54) is 20.9 Å². The summed E-state index contributed by atoms with van der Waals surface area (Å²) in [7, 11) is 0. The van der Waals surface area contributed by atoms with Crippen LogP contribution >= 0.6 is 11.3 Å². The number of aromatic hydroxyl groups is 1. The molecule has 0 saturated heterocycles. The van der Waals surface area contributed by atoms with Gasteiger partial charge in [-0.25, -0.2) is 0 Å². The standard InChI is InChI=1S/C17H23NOS/c1-12(4-5-15-6-8-17(19)9-7-15)18-11-16-10-13(2)20-14(16)3/h6-10,12,18-19H,4-5,11H2,1-3H3. The summed E-state index contributed by atoms with van der Waals surface area (Å²) in [6, 6.07) is 10.3. The molecule has 2 N–H and O–H groups in total. The average Bonchev–Trinajstić information content (AvgIpc) is 2.74. The van der Waals surface area contributed by atoms with Gasteiger partial charge in [0.25, 0.3) is 0 Å². The summed E-state index contributed by atoms with van der Waals surface area (Å²) in [6.07, 6.45) is 2.14. The quantitative estimate of drug-likeness (QED) is 0.836. The highest BCUT2D eigenvalue weighted by atomic mass is 32.1. The Morgan fingerprint density at radius 1 is 1.20 bits per heavy atom. The van der Waals surface area contributed by atoms with Crippen LogP contribution in [-0.2, 0) is 13.0 Å². The van der Waals surface area contributed by atoms with Crippen LogP contribution in [0.25, 0.3) is 0 Å². The molecular weight excluding hydrogens is 266 g/mol. The molecule has 1 heterocycles. The van der Waals surface area contributed by atoms with Gasteiger partial charge in [-0.05, 0) is 62.9 Å². The van der Waals surface area contributed by atoms with Crippen molar-refractivity contribution in [2.45, 2.75) is 46.2 Å². The molecule has 0 aliphatic heterocycles. The van der Waals surface area contributed by atoms with E-state index >= 15 is 0 Å². The van der Waals surface area contributed by atoms with Crippen LogP contribution in [0.3, 0.4) is 0 Å². The maximum atomic E-state index is 9.26. The van der Waals surface area contributed by atoms with E-state index in [-0.39, 0.29) is 0 Å². The Kier molecular flexibility index (Phi) is 5.21. The monoisotopic (exact) mass is 289 g/mol. The van der Waals surface area contributed by atoms with Crippen molar-refractivity contribution in [1.82, 2.24) is 5.32 Å². The van der Waals surface area contributed by atoms with Crippen LogP contribution < -0.4 is 5.32 Å². The zero-order valence-corrected chi connectivity index (χ0v) is 13.3. The molecule has 20 heavy (non-hydrogen) atoms. The molecule has 1 aromatic heterocycles. The predicted molar refractivity (Wildman–Crippen MR) is 86.5 cm³/mol. The minimum absolute atomic E-state index is 0.336. The van der Waals surface area contributed by atoms with Crippen molar-refractivity contribution in [3.63, 3.8) is 0 Å². The zero-order valence-electron chi connectivity index (χ0n) is 12.4. The second-order valence-electron chi connectivity index (χ2n) is 5.43. The van der Waals surface area contributed by atoms with Gasteiger partial charge in [-0.2, -0.15) is 0 Å². The Morgan fingerprint density at radius 2 is 1.90 bits per heavy atom. The van der Waals surface area contributed by atoms with Crippen molar-refractivity contribution in [2.75, 3.05) is 0 Å². The molecule has 1 atom stereocenters. The summed E-state index contributed by atoms with van der Waals surface area (Å²) in [5.74, 6) is 0.336. The molecule has 0 spiro atoms. The van der Waals surface area contributed by atoms with E-state index in [0.29, 0.717) is 11.8 Å². The number of phenols is 1. The van der Waals surface area contributed by atoms with E-state index < -0.39 is 0 Å². The number of hydrogen-bond acceptors (Lipinski definition) is 3. The Morgan fingerprint density at radius 3 is 2.50 bits per heavy atom. The van der Waals surface area contributed by atoms with Gasteiger partial charge in [0.05, 0.1) is 0 Å². The van der Waals surface area contributed by atoms with Crippen molar-refractivity contribution in [3.8, 4) is 5.75 Å². The van der Waals surface area contributed by atoms with Crippen molar-refractivity contribution in [3.05, 3.63) is 51.2 Å². The summed E-state index contributed by atoms with van der Waals surface area (Å²) in [6.45, 7) is 7.53. The van der Waals surface area contributed by atoms with E-state index in [2.05, 4.69) is 32.2 Å². The first-order valence-corrected chi connectivity index (χ1v) is 7.93. The normalized spacial score (nSPS) is 12.6. The lowest BCUT2D eigenvalue weighted by Crippen LogP contribution is -2.26. The molecule has 0 aliphatic rings. The second kappa shape index (κ2) is 6.91. The number of benzene rings is 1. The second-order valence-corrected chi connectivity index (χ2v) is 6.89. The van der Waals surface area contributed by atoms with E-state index in [1.54, 1.807) is 12.1 Å². The SMILES string of the molecule is Cc1cc(CNC(C)CCc2ccc(O)cc2)c(C)s1. The van der Waals surface area contributed by atoms with Crippen molar-refractivity contribution in [1.29, 1.82) is 0 Å². The van der Waals surface area contributed by atoms with Crippen LogP contribution in [0.1, 0.15) is 34.2 Å². The molecule has 2 nitrogen and oxygen atoms in total. The molecule has 0 radical (unpaired) electrons. The molecule has 1 aromatic carbocycles. The molecule has 0 fully saturated rings. The minimum Gasteiger partial charge on any atom is -0.508 e. The highest BCUT2D eigenvalue weighted by Crippen LogP contribution is 2.20. The van der Waals surface area contributed by atoms with Crippen molar-refractivity contribution in [2.24, 2.45) is 0 Å². The van der Waals surface area contributed by atoms with Gasteiger partial charge in [0, 0.05) is 22.3 Å². The lowest BCUT2D eigenvalue weighted by molar-refractivity contribution is 0.474. The van der Waals surface area contributed by atoms with Gasteiger partial charge >= 0.3 is 0 Å². The van der Waals surface area contributed by atoms with E-state index in [9.17, 15) is 5.11 Å². The molecule has 1 unspecified atom stereocenters. The van der Waals surface area contributed by atoms with Gasteiger partial charge in [-0.15, -0.1) is 11.3 Å². The number of aryl methyl sites for hydroxylation is 3. The highest BCUT2D eigenvalue weighted by Gasteiger charge is 2.06. The first-order valence-electron chi connectivity index (χ1n) is 7.12. The fourth-order valence-electron chi connectivity index (χ4n) is 2.29. The first-order chi connectivity index (χ1) is 9.54. The number of rotatable bonds is 6. The molecule has 0 aliphatic carbocycles. The Hall–Kier alpha value is -1.32.